The molecule has 2 aromatic rings. The van der Waals surface area contributed by atoms with E-state index in [4.69, 9.17) is 0 Å². The van der Waals surface area contributed by atoms with E-state index in [2.05, 4.69) is 56.1 Å². The van der Waals surface area contributed by atoms with Gasteiger partial charge >= 0.3 is 0 Å². The maximum atomic E-state index is 12.1. The molecule has 3 rings (SSSR count). The number of alkyl halides is 1. The minimum absolute atomic E-state index is 0.0513. The molecule has 0 bridgehead atoms. The predicted octanol–water partition coefficient (Wildman–Crippen LogP) is 4.89. The molecule has 1 aliphatic rings. The average Bonchev–Trinajstić information content (AvgIpc) is 3.26. The van der Waals surface area contributed by atoms with E-state index in [0.29, 0.717) is 11.7 Å². The van der Waals surface area contributed by atoms with E-state index >= 15 is 0 Å². The van der Waals surface area contributed by atoms with Crippen LogP contribution in [0.4, 0.5) is 0 Å². The topological polar surface area (TPSA) is 17.1 Å². The van der Waals surface area contributed by atoms with E-state index in [1.807, 2.05) is 12.1 Å². The summed E-state index contributed by atoms with van der Waals surface area (Å²) in [5, 5.41) is 2.43. The highest BCUT2D eigenvalue weighted by atomic mass is 79.9. The largest absolute Gasteiger partial charge is 0.298 e. The standard InChI is InChI=1S/C16H14Br2O/c17-14-8-7-11(12-3-1-2-4-13(12)14)9-15(18)16(19)10-5-6-10/h1-4,7-8,10,15H,5-6,9H2. The van der Waals surface area contributed by atoms with Gasteiger partial charge in [-0.05, 0) is 41.7 Å². The van der Waals surface area contributed by atoms with Crippen molar-refractivity contribution in [3.63, 3.8) is 0 Å². The van der Waals surface area contributed by atoms with Crippen molar-refractivity contribution < 1.29 is 4.79 Å². The molecule has 0 N–H and O–H groups in total. The van der Waals surface area contributed by atoms with E-state index in [0.717, 1.165) is 23.7 Å². The zero-order chi connectivity index (χ0) is 13.4. The van der Waals surface area contributed by atoms with Crippen molar-refractivity contribution in [3.8, 4) is 0 Å². The summed E-state index contributed by atoms with van der Waals surface area (Å²) in [5.74, 6) is 0.679. The molecule has 1 aliphatic carbocycles. The van der Waals surface area contributed by atoms with Gasteiger partial charge in [0.25, 0.3) is 0 Å². The first-order chi connectivity index (χ1) is 9.16. The molecule has 98 valence electrons. The zero-order valence-corrected chi connectivity index (χ0v) is 13.6. The number of benzene rings is 2. The summed E-state index contributed by atoms with van der Waals surface area (Å²) in [6.45, 7) is 0. The quantitative estimate of drug-likeness (QED) is 0.689. The molecule has 0 amide bonds. The number of carbonyl (C=O) groups is 1. The summed E-state index contributed by atoms with van der Waals surface area (Å²) in [5.41, 5.74) is 1.23. The van der Waals surface area contributed by atoms with Crippen LogP contribution in [-0.4, -0.2) is 10.6 Å². The van der Waals surface area contributed by atoms with Crippen LogP contribution < -0.4 is 0 Å². The summed E-state index contributed by atoms with van der Waals surface area (Å²) in [6, 6.07) is 12.5. The van der Waals surface area contributed by atoms with Gasteiger partial charge in [-0.2, -0.15) is 0 Å². The van der Waals surface area contributed by atoms with Crippen LogP contribution in [0.25, 0.3) is 10.8 Å². The van der Waals surface area contributed by atoms with Gasteiger partial charge in [-0.1, -0.05) is 62.2 Å². The number of hydrogen-bond acceptors (Lipinski definition) is 1. The molecule has 0 aromatic heterocycles. The second-order valence-electron chi connectivity index (χ2n) is 5.10. The zero-order valence-electron chi connectivity index (χ0n) is 10.4. The molecule has 2 aromatic carbocycles. The molecule has 0 aliphatic heterocycles. The third-order valence-corrected chi connectivity index (χ3v) is 5.12. The van der Waals surface area contributed by atoms with E-state index in [9.17, 15) is 4.79 Å². The molecule has 19 heavy (non-hydrogen) atoms. The summed E-state index contributed by atoms with van der Waals surface area (Å²) in [6.07, 6.45) is 2.91. The maximum absolute atomic E-state index is 12.1. The van der Waals surface area contributed by atoms with E-state index in [1.165, 1.54) is 16.3 Å². The molecule has 0 heterocycles. The monoisotopic (exact) mass is 380 g/mol. The molecule has 1 unspecified atom stereocenters. The van der Waals surface area contributed by atoms with Gasteiger partial charge in [0, 0.05) is 10.4 Å². The van der Waals surface area contributed by atoms with Gasteiger partial charge in [0.1, 0.15) is 5.78 Å². The van der Waals surface area contributed by atoms with Gasteiger partial charge in [0.05, 0.1) is 4.83 Å². The molecule has 1 nitrogen and oxygen atoms in total. The molecule has 0 spiro atoms. The molecule has 3 heteroatoms. The van der Waals surface area contributed by atoms with Crippen molar-refractivity contribution in [2.45, 2.75) is 24.1 Å². The Bertz CT molecular complexity index is 632. The third kappa shape index (κ3) is 2.77. The van der Waals surface area contributed by atoms with Crippen molar-refractivity contribution in [2.75, 3.05) is 0 Å². The van der Waals surface area contributed by atoms with Crippen molar-refractivity contribution in [1.82, 2.24) is 0 Å². The Kier molecular flexibility index (Phi) is 3.77. The molecule has 1 fully saturated rings. The number of ketones is 1. The van der Waals surface area contributed by atoms with Crippen molar-refractivity contribution in [3.05, 3.63) is 46.4 Å². The summed E-state index contributed by atoms with van der Waals surface area (Å²) in [7, 11) is 0. The van der Waals surface area contributed by atoms with Gasteiger partial charge in [-0.25, -0.2) is 0 Å². The van der Waals surface area contributed by atoms with Crippen molar-refractivity contribution in [2.24, 2.45) is 5.92 Å². The van der Waals surface area contributed by atoms with Gasteiger partial charge in [-0.15, -0.1) is 0 Å². The number of fused-ring (bicyclic) bond motifs is 1. The van der Waals surface area contributed by atoms with Crippen LogP contribution >= 0.6 is 31.9 Å². The lowest BCUT2D eigenvalue weighted by Crippen LogP contribution is -2.18. The molecule has 0 saturated heterocycles. The number of halogens is 2. The van der Waals surface area contributed by atoms with Crippen LogP contribution in [0.15, 0.2) is 40.9 Å². The first-order valence-electron chi connectivity index (χ1n) is 6.51. The fourth-order valence-corrected chi connectivity index (χ4v) is 3.62. The van der Waals surface area contributed by atoms with Crippen LogP contribution in [0.5, 0.6) is 0 Å². The molecular formula is C16H14Br2O. The van der Waals surface area contributed by atoms with E-state index < -0.39 is 0 Å². The number of rotatable bonds is 4. The molecule has 0 radical (unpaired) electrons. The minimum Gasteiger partial charge on any atom is -0.298 e. The lowest BCUT2D eigenvalue weighted by atomic mass is 9.99. The molecule has 1 saturated carbocycles. The van der Waals surface area contributed by atoms with Gasteiger partial charge in [-0.3, -0.25) is 4.79 Å². The second-order valence-corrected chi connectivity index (χ2v) is 7.06. The van der Waals surface area contributed by atoms with Crippen LogP contribution in [0.1, 0.15) is 18.4 Å². The van der Waals surface area contributed by atoms with E-state index in [1.54, 1.807) is 0 Å². The summed E-state index contributed by atoms with van der Waals surface area (Å²) >= 11 is 7.14. The Balaban J connectivity index is 1.92. The van der Waals surface area contributed by atoms with Gasteiger partial charge in [0.15, 0.2) is 0 Å². The highest BCUT2D eigenvalue weighted by Crippen LogP contribution is 2.34. The fraction of sp³-hybridized carbons (Fsp3) is 0.312. The van der Waals surface area contributed by atoms with Crippen molar-refractivity contribution >= 4 is 48.4 Å². The maximum Gasteiger partial charge on any atom is 0.149 e. The Morgan fingerprint density at radius 3 is 2.53 bits per heavy atom. The highest BCUT2D eigenvalue weighted by molar-refractivity contribution is 9.10. The van der Waals surface area contributed by atoms with Gasteiger partial charge < -0.3 is 0 Å². The smallest absolute Gasteiger partial charge is 0.149 e. The molecular weight excluding hydrogens is 368 g/mol. The second kappa shape index (κ2) is 5.37. The van der Waals surface area contributed by atoms with Crippen LogP contribution in [0, 0.1) is 5.92 Å². The summed E-state index contributed by atoms with van der Waals surface area (Å²) < 4.78 is 1.10. The first-order valence-corrected chi connectivity index (χ1v) is 8.21. The van der Waals surface area contributed by atoms with Gasteiger partial charge in [0.2, 0.25) is 0 Å². The number of carbonyl (C=O) groups excluding carboxylic acids is 1. The lowest BCUT2D eigenvalue weighted by Gasteiger charge is -2.12. The Hall–Kier alpha value is -0.670. The Labute approximate surface area is 129 Å². The van der Waals surface area contributed by atoms with E-state index in [-0.39, 0.29) is 4.83 Å². The predicted molar refractivity (Wildman–Crippen MR) is 85.8 cm³/mol. The van der Waals surface area contributed by atoms with Crippen molar-refractivity contribution in [1.29, 1.82) is 0 Å². The summed E-state index contributed by atoms with van der Waals surface area (Å²) in [4.78, 5) is 12.0. The van der Waals surface area contributed by atoms with Crippen LogP contribution in [0.3, 0.4) is 0 Å². The average molecular weight is 382 g/mol. The molecule has 1 atom stereocenters. The highest BCUT2D eigenvalue weighted by Gasteiger charge is 2.33. The number of hydrogen-bond donors (Lipinski definition) is 0. The number of Topliss-reactive ketones (excluding diaryl/α,β-unsaturated/α-hetero) is 1. The SMILES string of the molecule is O=C(C(Br)Cc1ccc(Br)c2ccccc12)C1CC1. The fourth-order valence-electron chi connectivity index (χ4n) is 2.42. The Morgan fingerprint density at radius 2 is 1.84 bits per heavy atom. The van der Waals surface area contributed by atoms with Crippen LogP contribution in [0.2, 0.25) is 0 Å². The minimum atomic E-state index is -0.0513. The van der Waals surface area contributed by atoms with Crippen LogP contribution in [-0.2, 0) is 11.2 Å². The lowest BCUT2D eigenvalue weighted by molar-refractivity contribution is -0.119. The Morgan fingerprint density at radius 1 is 1.16 bits per heavy atom. The third-order valence-electron chi connectivity index (χ3n) is 3.65. The normalized spacial score (nSPS) is 16.5. The first kappa shape index (κ1) is 13.3.